The maximum absolute atomic E-state index is 10.6. The Morgan fingerprint density at radius 1 is 1.00 bits per heavy atom. The van der Waals surface area contributed by atoms with Crippen molar-refractivity contribution in [3.05, 3.63) is 83.9 Å². The zero-order chi connectivity index (χ0) is 21.5. The summed E-state index contributed by atoms with van der Waals surface area (Å²) in [6.07, 6.45) is 3.05. The van der Waals surface area contributed by atoms with Crippen molar-refractivity contribution in [1.82, 2.24) is 0 Å². The monoisotopic (exact) mass is 409 g/mol. The number of aliphatic hydroxyl groups excluding tert-OH is 1. The van der Waals surface area contributed by atoms with Crippen molar-refractivity contribution in [3.63, 3.8) is 0 Å². The summed E-state index contributed by atoms with van der Waals surface area (Å²) in [6.45, 7) is 13.6. The van der Waals surface area contributed by atoms with Crippen LogP contribution in [0.25, 0.3) is 0 Å². The van der Waals surface area contributed by atoms with Gasteiger partial charge in [-0.05, 0) is 25.1 Å². The summed E-state index contributed by atoms with van der Waals surface area (Å²) in [7, 11) is -1.78. The molecule has 0 amide bonds. The molecule has 0 saturated heterocycles. The van der Waals surface area contributed by atoms with E-state index in [0.29, 0.717) is 6.61 Å². The third-order valence-corrected chi connectivity index (χ3v) is 10.1. The fraction of sp³-hybridized carbons (Fsp3) is 0.400. The number of hydrogen-bond acceptors (Lipinski definition) is 3. The van der Waals surface area contributed by atoms with Crippen LogP contribution in [0.3, 0.4) is 0 Å². The SMILES string of the molecule is C[C@H](N=C(c1ccccc1)c1ccccc1)[C@@H](O)/C=C/CO[Si](C)(C)C(C)(C)C. The number of nitrogens with zero attached hydrogens (tertiary/aromatic N) is 1. The van der Waals surface area contributed by atoms with Gasteiger partial charge >= 0.3 is 0 Å². The van der Waals surface area contributed by atoms with Crippen LogP contribution in [0.15, 0.2) is 77.8 Å². The first-order chi connectivity index (χ1) is 13.6. The Balaban J connectivity index is 2.11. The second-order valence-corrected chi connectivity index (χ2v) is 13.7. The third kappa shape index (κ3) is 6.77. The lowest BCUT2D eigenvalue weighted by Crippen LogP contribution is -2.40. The molecule has 2 rings (SSSR count). The second kappa shape index (κ2) is 10.1. The zero-order valence-corrected chi connectivity index (χ0v) is 19.6. The summed E-state index contributed by atoms with van der Waals surface area (Å²) in [6, 6.07) is 19.9. The predicted octanol–water partition coefficient (Wildman–Crippen LogP) is 5.85. The molecular formula is C25H35NO2Si. The first-order valence-electron chi connectivity index (χ1n) is 10.3. The molecule has 0 bridgehead atoms. The van der Waals surface area contributed by atoms with Crippen molar-refractivity contribution in [1.29, 1.82) is 0 Å². The van der Waals surface area contributed by atoms with Crippen LogP contribution in [0.4, 0.5) is 0 Å². The fourth-order valence-corrected chi connectivity index (χ4v) is 3.56. The topological polar surface area (TPSA) is 41.8 Å². The van der Waals surface area contributed by atoms with E-state index >= 15 is 0 Å². The number of aliphatic imine (C=N–C) groups is 1. The summed E-state index contributed by atoms with van der Waals surface area (Å²) in [5, 5.41) is 10.8. The molecule has 0 aliphatic rings. The van der Waals surface area contributed by atoms with Crippen LogP contribution >= 0.6 is 0 Å². The average molecular weight is 410 g/mol. The Bertz CT molecular complexity index is 766. The molecule has 156 valence electrons. The third-order valence-electron chi connectivity index (χ3n) is 5.60. The lowest BCUT2D eigenvalue weighted by Gasteiger charge is -2.35. The first kappa shape index (κ1) is 23.3. The van der Waals surface area contributed by atoms with Crippen molar-refractivity contribution in [2.24, 2.45) is 4.99 Å². The lowest BCUT2D eigenvalue weighted by molar-refractivity contribution is 0.198. The smallest absolute Gasteiger partial charge is 0.192 e. The van der Waals surface area contributed by atoms with Crippen LogP contribution in [-0.2, 0) is 4.43 Å². The van der Waals surface area contributed by atoms with E-state index in [4.69, 9.17) is 9.42 Å². The highest BCUT2D eigenvalue weighted by atomic mass is 28.4. The molecule has 4 heteroatoms. The van der Waals surface area contributed by atoms with E-state index in [1.165, 1.54) is 0 Å². The lowest BCUT2D eigenvalue weighted by atomic mass is 10.0. The minimum absolute atomic E-state index is 0.178. The van der Waals surface area contributed by atoms with Gasteiger partial charge in [-0.2, -0.15) is 0 Å². The minimum atomic E-state index is -1.78. The Morgan fingerprint density at radius 2 is 1.48 bits per heavy atom. The van der Waals surface area contributed by atoms with Gasteiger partial charge in [0.2, 0.25) is 0 Å². The van der Waals surface area contributed by atoms with Crippen LogP contribution in [0.1, 0.15) is 38.8 Å². The van der Waals surface area contributed by atoms with Gasteiger partial charge in [-0.1, -0.05) is 93.6 Å². The van der Waals surface area contributed by atoms with Gasteiger partial charge in [-0.25, -0.2) is 0 Å². The van der Waals surface area contributed by atoms with Crippen molar-refractivity contribution >= 4 is 14.0 Å². The summed E-state index contributed by atoms with van der Waals surface area (Å²) in [5.74, 6) is 0. The van der Waals surface area contributed by atoms with Crippen molar-refractivity contribution < 1.29 is 9.53 Å². The molecule has 0 aliphatic carbocycles. The summed E-state index contributed by atoms with van der Waals surface area (Å²) < 4.78 is 6.15. The molecule has 0 spiro atoms. The quantitative estimate of drug-likeness (QED) is 0.337. The average Bonchev–Trinajstić information content (AvgIpc) is 2.69. The maximum Gasteiger partial charge on any atom is 0.192 e. The van der Waals surface area contributed by atoms with Crippen LogP contribution in [0, 0.1) is 0 Å². The van der Waals surface area contributed by atoms with E-state index in [-0.39, 0.29) is 11.1 Å². The second-order valence-electron chi connectivity index (χ2n) is 8.94. The Labute approximate surface area is 177 Å². The van der Waals surface area contributed by atoms with Gasteiger partial charge in [0.1, 0.15) is 0 Å². The Morgan fingerprint density at radius 3 is 1.93 bits per heavy atom. The molecule has 2 atom stereocenters. The molecule has 0 heterocycles. The van der Waals surface area contributed by atoms with Crippen LogP contribution in [0.5, 0.6) is 0 Å². The fourth-order valence-electron chi connectivity index (χ4n) is 2.62. The van der Waals surface area contributed by atoms with Crippen LogP contribution < -0.4 is 0 Å². The van der Waals surface area contributed by atoms with Gasteiger partial charge < -0.3 is 9.53 Å². The summed E-state index contributed by atoms with van der Waals surface area (Å²) in [4.78, 5) is 4.87. The molecular weight excluding hydrogens is 374 g/mol. The molecule has 0 radical (unpaired) electrons. The van der Waals surface area contributed by atoms with Gasteiger partial charge in [0.05, 0.1) is 24.5 Å². The number of benzene rings is 2. The molecule has 0 unspecified atom stereocenters. The van der Waals surface area contributed by atoms with Crippen LogP contribution in [-0.4, -0.2) is 37.9 Å². The number of rotatable bonds is 8. The van der Waals surface area contributed by atoms with E-state index < -0.39 is 14.4 Å². The van der Waals surface area contributed by atoms with Gasteiger partial charge in [0.25, 0.3) is 0 Å². The largest absolute Gasteiger partial charge is 0.413 e. The standard InChI is InChI=1S/C25H35NO2Si/c1-20(23(27)18-13-19-28-29(5,6)25(2,3)4)26-24(21-14-9-7-10-15-21)22-16-11-8-12-17-22/h7-18,20,23,27H,19H2,1-6H3/b18-13+/t20-,23-/m0/s1. The highest BCUT2D eigenvalue weighted by Gasteiger charge is 2.36. The van der Waals surface area contributed by atoms with E-state index in [9.17, 15) is 5.11 Å². The maximum atomic E-state index is 10.6. The normalized spacial score (nSPS) is 14.6. The summed E-state index contributed by atoms with van der Waals surface area (Å²) >= 11 is 0. The van der Waals surface area contributed by atoms with Crippen molar-refractivity contribution in [2.75, 3.05) is 6.61 Å². The molecule has 0 saturated carbocycles. The predicted molar refractivity (Wildman–Crippen MR) is 126 cm³/mol. The molecule has 29 heavy (non-hydrogen) atoms. The van der Waals surface area contributed by atoms with Crippen molar-refractivity contribution in [2.45, 2.75) is 58.0 Å². The minimum Gasteiger partial charge on any atom is -0.413 e. The number of aliphatic hydroxyl groups is 1. The van der Waals surface area contributed by atoms with E-state index in [2.05, 4.69) is 33.9 Å². The molecule has 2 aromatic carbocycles. The highest BCUT2D eigenvalue weighted by Crippen LogP contribution is 2.36. The molecule has 0 aliphatic heterocycles. The van der Waals surface area contributed by atoms with E-state index in [0.717, 1.165) is 16.8 Å². The van der Waals surface area contributed by atoms with E-state index in [1.54, 1.807) is 6.08 Å². The van der Waals surface area contributed by atoms with Gasteiger partial charge in [0, 0.05) is 11.1 Å². The molecule has 0 aromatic heterocycles. The first-order valence-corrected chi connectivity index (χ1v) is 13.2. The Hall–Kier alpha value is -2.01. The Kier molecular flexibility index (Phi) is 8.14. The van der Waals surface area contributed by atoms with Gasteiger partial charge in [-0.15, -0.1) is 0 Å². The molecule has 2 aromatic rings. The molecule has 3 nitrogen and oxygen atoms in total. The molecule has 1 N–H and O–H groups in total. The van der Waals surface area contributed by atoms with Gasteiger partial charge in [0.15, 0.2) is 8.32 Å². The highest BCUT2D eigenvalue weighted by molar-refractivity contribution is 6.74. The van der Waals surface area contributed by atoms with Crippen LogP contribution in [0.2, 0.25) is 18.1 Å². The van der Waals surface area contributed by atoms with Crippen molar-refractivity contribution in [3.8, 4) is 0 Å². The van der Waals surface area contributed by atoms with Gasteiger partial charge in [-0.3, -0.25) is 4.99 Å². The zero-order valence-electron chi connectivity index (χ0n) is 18.6. The summed E-state index contributed by atoms with van der Waals surface area (Å²) in [5.41, 5.74) is 2.98. The number of hydrogen-bond donors (Lipinski definition) is 1. The van der Waals surface area contributed by atoms with E-state index in [1.807, 2.05) is 73.7 Å². The molecule has 0 fully saturated rings.